The number of hydrogen-bond donors (Lipinski definition) is 1. The van der Waals surface area contributed by atoms with E-state index < -0.39 is 22.2 Å². The molecule has 0 radical (unpaired) electrons. The second-order valence-corrected chi connectivity index (χ2v) is 10.1. The van der Waals surface area contributed by atoms with Crippen molar-refractivity contribution in [3.05, 3.63) is 0 Å². The summed E-state index contributed by atoms with van der Waals surface area (Å²) >= 11 is 0. The molecule has 0 aromatic rings. The van der Waals surface area contributed by atoms with E-state index in [1.165, 1.54) is 0 Å². The van der Waals surface area contributed by atoms with Crippen LogP contribution in [0.5, 0.6) is 0 Å². The molecule has 0 spiro atoms. The number of alkyl halides is 3. The van der Waals surface area contributed by atoms with Gasteiger partial charge in [-0.05, 0) is 44.4 Å². The van der Waals surface area contributed by atoms with Crippen LogP contribution in [0.15, 0.2) is 0 Å². The van der Waals surface area contributed by atoms with Crippen LogP contribution < -0.4 is 0 Å². The molecule has 7 nitrogen and oxygen atoms in total. The number of aliphatic carboxylic acids is 1. The second-order valence-electron chi connectivity index (χ2n) is 7.92. The topological polar surface area (TPSA) is 87.1 Å². The molecule has 11 heteroatoms. The zero-order valence-corrected chi connectivity index (χ0v) is 16.4. The number of hydrogen-bond acceptors (Lipinski definition) is 5. The van der Waals surface area contributed by atoms with Gasteiger partial charge >= 0.3 is 12.1 Å². The van der Waals surface area contributed by atoms with Crippen molar-refractivity contribution in [1.29, 1.82) is 0 Å². The first-order chi connectivity index (χ1) is 13.1. The molecule has 0 aromatic heterocycles. The van der Waals surface area contributed by atoms with Crippen LogP contribution in [0.2, 0.25) is 0 Å². The molecule has 4 aliphatic rings. The van der Waals surface area contributed by atoms with Gasteiger partial charge in [-0.3, -0.25) is 4.90 Å². The van der Waals surface area contributed by atoms with E-state index in [0.29, 0.717) is 6.04 Å². The van der Waals surface area contributed by atoms with Crippen molar-refractivity contribution >= 4 is 16.0 Å². The SMILES string of the molecule is O=C(O)C(F)(F)F.O=S(=O)(C1CC1)N1CC[C@@H]2[C@@H]1CCN2CC1CCOCC1. The summed E-state index contributed by atoms with van der Waals surface area (Å²) in [6.07, 6.45) is 1.06. The number of rotatable bonds is 4. The van der Waals surface area contributed by atoms with Crippen LogP contribution in [0.1, 0.15) is 38.5 Å². The Morgan fingerprint density at radius 1 is 1.00 bits per heavy atom. The summed E-state index contributed by atoms with van der Waals surface area (Å²) in [4.78, 5) is 11.5. The zero-order chi connectivity index (χ0) is 20.5. The molecular formula is C17H27F3N2O5S. The van der Waals surface area contributed by atoms with E-state index in [4.69, 9.17) is 14.6 Å². The van der Waals surface area contributed by atoms with Crippen LogP contribution in [-0.2, 0) is 19.6 Å². The van der Waals surface area contributed by atoms with Crippen molar-refractivity contribution in [2.45, 2.75) is 62.0 Å². The predicted molar refractivity (Wildman–Crippen MR) is 94.3 cm³/mol. The fourth-order valence-corrected chi connectivity index (χ4v) is 6.49. The second kappa shape index (κ2) is 8.45. The van der Waals surface area contributed by atoms with Gasteiger partial charge in [0.25, 0.3) is 0 Å². The predicted octanol–water partition coefficient (Wildman–Crippen LogP) is 1.69. The highest BCUT2D eigenvalue weighted by Crippen LogP contribution is 2.39. The highest BCUT2D eigenvalue weighted by molar-refractivity contribution is 7.90. The average Bonchev–Trinajstić information content (AvgIpc) is 3.29. The molecule has 1 saturated carbocycles. The summed E-state index contributed by atoms with van der Waals surface area (Å²) in [5, 5.41) is 7.07. The quantitative estimate of drug-likeness (QED) is 0.733. The average molecular weight is 428 g/mol. The number of halogens is 3. The van der Waals surface area contributed by atoms with E-state index in [9.17, 15) is 21.6 Å². The Kier molecular flexibility index (Phi) is 6.58. The lowest BCUT2D eigenvalue weighted by molar-refractivity contribution is -0.192. The Labute approximate surface area is 162 Å². The molecular weight excluding hydrogens is 401 g/mol. The van der Waals surface area contributed by atoms with Gasteiger partial charge in [0.15, 0.2) is 0 Å². The van der Waals surface area contributed by atoms with E-state index in [1.54, 1.807) is 0 Å². The molecule has 0 unspecified atom stereocenters. The first kappa shape index (κ1) is 21.8. The molecule has 4 rings (SSSR count). The van der Waals surface area contributed by atoms with Crippen LogP contribution in [0, 0.1) is 5.92 Å². The Hall–Kier alpha value is -0.910. The van der Waals surface area contributed by atoms with Crippen LogP contribution in [-0.4, -0.2) is 85.1 Å². The molecule has 4 fully saturated rings. The lowest BCUT2D eigenvalue weighted by Gasteiger charge is -2.30. The minimum Gasteiger partial charge on any atom is -0.475 e. The highest BCUT2D eigenvalue weighted by atomic mass is 32.2. The fourth-order valence-electron chi connectivity index (χ4n) is 4.40. The van der Waals surface area contributed by atoms with Crippen molar-refractivity contribution in [2.24, 2.45) is 5.92 Å². The molecule has 28 heavy (non-hydrogen) atoms. The molecule has 2 atom stereocenters. The van der Waals surface area contributed by atoms with Crippen molar-refractivity contribution in [1.82, 2.24) is 9.21 Å². The maximum atomic E-state index is 12.5. The largest absolute Gasteiger partial charge is 0.490 e. The molecule has 162 valence electrons. The number of ether oxygens (including phenoxy) is 1. The van der Waals surface area contributed by atoms with E-state index >= 15 is 0 Å². The minimum atomic E-state index is -5.08. The van der Waals surface area contributed by atoms with Crippen LogP contribution in [0.25, 0.3) is 0 Å². The maximum Gasteiger partial charge on any atom is 0.490 e. The first-order valence-electron chi connectivity index (χ1n) is 9.73. The molecule has 0 amide bonds. The van der Waals surface area contributed by atoms with Crippen molar-refractivity contribution < 1.29 is 36.2 Å². The smallest absolute Gasteiger partial charge is 0.475 e. The van der Waals surface area contributed by atoms with E-state index in [0.717, 1.165) is 77.3 Å². The number of carboxylic acid groups (broad SMARTS) is 1. The number of nitrogens with zero attached hydrogens (tertiary/aromatic N) is 2. The van der Waals surface area contributed by atoms with E-state index in [-0.39, 0.29) is 11.3 Å². The van der Waals surface area contributed by atoms with Gasteiger partial charge in [0.05, 0.1) is 5.25 Å². The van der Waals surface area contributed by atoms with Gasteiger partial charge < -0.3 is 9.84 Å². The Morgan fingerprint density at radius 2 is 1.57 bits per heavy atom. The molecule has 3 heterocycles. The van der Waals surface area contributed by atoms with Gasteiger partial charge in [-0.1, -0.05) is 0 Å². The standard InChI is InChI=1S/C15H26N2O3S.C2HF3O2/c18-21(19,13-1-2-13)17-8-4-14-15(17)3-7-16(14)11-12-5-9-20-10-6-12;3-2(4,5)1(6)7/h12-15H,1-11H2;(H,6,7)/t14-,15+;/m1./s1. The van der Waals surface area contributed by atoms with E-state index in [2.05, 4.69) is 4.90 Å². The van der Waals surface area contributed by atoms with E-state index in [1.807, 2.05) is 4.31 Å². The lowest BCUT2D eigenvalue weighted by atomic mass is 9.99. The third-order valence-electron chi connectivity index (χ3n) is 5.99. The summed E-state index contributed by atoms with van der Waals surface area (Å²) in [7, 11) is -2.99. The number of likely N-dealkylation sites (tertiary alicyclic amines) is 1. The van der Waals surface area contributed by atoms with Crippen molar-refractivity contribution in [3.8, 4) is 0 Å². The van der Waals surface area contributed by atoms with Gasteiger partial charge in [0.2, 0.25) is 10.0 Å². The number of carbonyl (C=O) groups is 1. The van der Waals surface area contributed by atoms with Gasteiger partial charge in [-0.2, -0.15) is 17.5 Å². The van der Waals surface area contributed by atoms with Crippen LogP contribution in [0.3, 0.4) is 0 Å². The molecule has 1 aliphatic carbocycles. The summed E-state index contributed by atoms with van der Waals surface area (Å²) in [6, 6.07) is 0.733. The van der Waals surface area contributed by atoms with Gasteiger partial charge in [-0.15, -0.1) is 0 Å². The summed E-state index contributed by atoms with van der Waals surface area (Å²) in [5.74, 6) is -2.01. The van der Waals surface area contributed by atoms with Gasteiger partial charge in [-0.25, -0.2) is 13.2 Å². The van der Waals surface area contributed by atoms with Gasteiger partial charge in [0, 0.05) is 44.9 Å². The lowest BCUT2D eigenvalue weighted by Crippen LogP contribution is -2.42. The highest BCUT2D eigenvalue weighted by Gasteiger charge is 2.51. The zero-order valence-electron chi connectivity index (χ0n) is 15.6. The number of fused-ring (bicyclic) bond motifs is 1. The summed E-state index contributed by atoms with van der Waals surface area (Å²) < 4.78 is 64.1. The molecule has 3 saturated heterocycles. The number of carboxylic acids is 1. The molecule has 1 N–H and O–H groups in total. The van der Waals surface area contributed by atoms with Crippen molar-refractivity contribution in [3.63, 3.8) is 0 Å². The Balaban J connectivity index is 0.000000279. The third-order valence-corrected chi connectivity index (χ3v) is 8.41. The van der Waals surface area contributed by atoms with Crippen LogP contribution >= 0.6 is 0 Å². The van der Waals surface area contributed by atoms with Crippen LogP contribution in [0.4, 0.5) is 13.2 Å². The fraction of sp³-hybridized carbons (Fsp3) is 0.941. The number of sulfonamides is 1. The molecule has 0 bridgehead atoms. The summed E-state index contributed by atoms with van der Waals surface area (Å²) in [5.41, 5.74) is 0. The normalized spacial score (nSPS) is 30.0. The first-order valence-corrected chi connectivity index (χ1v) is 11.2. The molecule has 3 aliphatic heterocycles. The van der Waals surface area contributed by atoms with Crippen molar-refractivity contribution in [2.75, 3.05) is 32.8 Å². The minimum absolute atomic E-state index is 0.0548. The Morgan fingerprint density at radius 3 is 2.11 bits per heavy atom. The maximum absolute atomic E-state index is 12.5. The Bertz CT molecular complexity index is 662. The third kappa shape index (κ3) is 4.98. The summed E-state index contributed by atoms with van der Waals surface area (Å²) in [6.45, 7) is 4.76. The molecule has 0 aromatic carbocycles. The van der Waals surface area contributed by atoms with Gasteiger partial charge in [0.1, 0.15) is 0 Å². The monoisotopic (exact) mass is 428 g/mol.